The fraction of sp³-hybridized carbons (Fsp3) is 0.474. The lowest BCUT2D eigenvalue weighted by Crippen LogP contribution is -2.44. The molecule has 0 unspecified atom stereocenters. The van der Waals surface area contributed by atoms with E-state index >= 15 is 0 Å². The number of nitrogens with zero attached hydrogens (tertiary/aromatic N) is 4. The minimum Gasteiger partial charge on any atom is -0.353 e. The van der Waals surface area contributed by atoms with Crippen molar-refractivity contribution in [3.63, 3.8) is 0 Å². The maximum absolute atomic E-state index is 4.50. The minimum absolute atomic E-state index is 0.652. The lowest BCUT2D eigenvalue weighted by molar-refractivity contribution is 0.136. The largest absolute Gasteiger partial charge is 0.353 e. The van der Waals surface area contributed by atoms with Gasteiger partial charge in [0.1, 0.15) is 5.82 Å². The highest BCUT2D eigenvalue weighted by Crippen LogP contribution is 2.29. The van der Waals surface area contributed by atoms with Gasteiger partial charge in [0.05, 0.1) is 6.20 Å². The minimum atomic E-state index is 0.652. The molecular formula is C19H24N4. The maximum Gasteiger partial charge on any atom is 0.147 e. The Morgan fingerprint density at radius 1 is 1.00 bits per heavy atom. The summed E-state index contributed by atoms with van der Waals surface area (Å²) in [6, 6.07) is 11.5. The van der Waals surface area contributed by atoms with Crippen molar-refractivity contribution in [1.29, 1.82) is 0 Å². The van der Waals surface area contributed by atoms with E-state index in [4.69, 9.17) is 0 Å². The SMILES string of the molecule is c1ccc(CCN2C[C@@H]3CC[C@H]2CN(c2cnccn2)C3)cc1. The third-order valence-electron chi connectivity index (χ3n) is 5.23. The van der Waals surface area contributed by atoms with Crippen LogP contribution in [0.4, 0.5) is 5.82 Å². The van der Waals surface area contributed by atoms with Crippen LogP contribution in [0.15, 0.2) is 48.9 Å². The molecule has 2 atom stereocenters. The van der Waals surface area contributed by atoms with Crippen LogP contribution in [0.2, 0.25) is 0 Å². The molecule has 1 aromatic heterocycles. The number of anilines is 1. The van der Waals surface area contributed by atoms with E-state index < -0.39 is 0 Å². The van der Waals surface area contributed by atoms with E-state index in [1.165, 1.54) is 31.5 Å². The van der Waals surface area contributed by atoms with Gasteiger partial charge in [-0.2, -0.15) is 0 Å². The Bertz CT molecular complexity index is 616. The quantitative estimate of drug-likeness (QED) is 0.869. The average molecular weight is 308 g/mol. The number of hydrogen-bond acceptors (Lipinski definition) is 4. The zero-order valence-corrected chi connectivity index (χ0v) is 13.5. The Hall–Kier alpha value is -1.94. The van der Waals surface area contributed by atoms with Crippen molar-refractivity contribution in [2.75, 3.05) is 31.1 Å². The summed E-state index contributed by atoms with van der Waals surface area (Å²) in [5.74, 6) is 1.79. The Balaban J connectivity index is 1.43. The van der Waals surface area contributed by atoms with Crippen molar-refractivity contribution in [1.82, 2.24) is 14.9 Å². The summed E-state index contributed by atoms with van der Waals surface area (Å²) in [5.41, 5.74) is 1.44. The predicted octanol–water partition coefficient (Wildman–Crippen LogP) is 2.62. The molecule has 0 spiro atoms. The highest BCUT2D eigenvalue weighted by molar-refractivity contribution is 5.36. The molecule has 3 aliphatic heterocycles. The summed E-state index contributed by atoms with van der Waals surface area (Å²) in [5, 5.41) is 0. The monoisotopic (exact) mass is 308 g/mol. The summed E-state index contributed by atoms with van der Waals surface area (Å²) >= 11 is 0. The van der Waals surface area contributed by atoms with Crippen LogP contribution in [0, 0.1) is 5.92 Å². The van der Waals surface area contributed by atoms with Gasteiger partial charge < -0.3 is 4.90 Å². The van der Waals surface area contributed by atoms with Gasteiger partial charge in [0.25, 0.3) is 0 Å². The Morgan fingerprint density at radius 3 is 2.74 bits per heavy atom. The lowest BCUT2D eigenvalue weighted by atomic mass is 9.94. The van der Waals surface area contributed by atoms with Crippen molar-refractivity contribution in [3.8, 4) is 0 Å². The number of piperidine rings is 1. The first-order chi connectivity index (χ1) is 11.4. The van der Waals surface area contributed by atoms with Gasteiger partial charge in [-0.25, -0.2) is 4.98 Å². The molecule has 5 rings (SSSR count). The van der Waals surface area contributed by atoms with Crippen LogP contribution in [0.5, 0.6) is 0 Å². The molecular weight excluding hydrogens is 284 g/mol. The molecule has 0 amide bonds. The number of fused-ring (bicyclic) bond motifs is 4. The van der Waals surface area contributed by atoms with Gasteiger partial charge in [0, 0.05) is 44.6 Å². The second kappa shape index (κ2) is 6.67. The normalized spacial score (nSPS) is 24.6. The van der Waals surface area contributed by atoms with Gasteiger partial charge in [-0.15, -0.1) is 0 Å². The topological polar surface area (TPSA) is 32.3 Å². The molecule has 0 aliphatic carbocycles. The second-order valence-electron chi connectivity index (χ2n) is 6.80. The first-order valence-electron chi connectivity index (χ1n) is 8.67. The molecule has 3 aliphatic rings. The van der Waals surface area contributed by atoms with Gasteiger partial charge in [-0.3, -0.25) is 9.88 Å². The third kappa shape index (κ3) is 3.37. The molecule has 1 aromatic carbocycles. The van der Waals surface area contributed by atoms with Crippen molar-refractivity contribution in [2.24, 2.45) is 5.92 Å². The molecule has 0 radical (unpaired) electrons. The number of hydrogen-bond donors (Lipinski definition) is 0. The van der Waals surface area contributed by atoms with Gasteiger partial charge in [0.15, 0.2) is 0 Å². The molecule has 2 bridgehead atoms. The van der Waals surface area contributed by atoms with Crippen molar-refractivity contribution >= 4 is 5.82 Å². The highest BCUT2D eigenvalue weighted by Gasteiger charge is 2.34. The molecule has 3 fully saturated rings. The average Bonchev–Trinajstić information content (AvgIpc) is 2.93. The van der Waals surface area contributed by atoms with Crippen LogP contribution in [0.3, 0.4) is 0 Å². The van der Waals surface area contributed by atoms with Crippen LogP contribution in [-0.4, -0.2) is 47.1 Å². The van der Waals surface area contributed by atoms with Crippen LogP contribution in [0.1, 0.15) is 18.4 Å². The van der Waals surface area contributed by atoms with Crippen LogP contribution >= 0.6 is 0 Å². The molecule has 4 nitrogen and oxygen atoms in total. The van der Waals surface area contributed by atoms with Gasteiger partial charge >= 0.3 is 0 Å². The van der Waals surface area contributed by atoms with E-state index in [1.54, 1.807) is 12.4 Å². The third-order valence-corrected chi connectivity index (χ3v) is 5.23. The molecule has 120 valence electrons. The first kappa shape index (κ1) is 14.6. The van der Waals surface area contributed by atoms with Crippen LogP contribution in [0.25, 0.3) is 0 Å². The molecule has 4 heteroatoms. The van der Waals surface area contributed by atoms with Gasteiger partial charge in [-0.1, -0.05) is 30.3 Å². The molecule has 0 N–H and O–H groups in total. The zero-order valence-electron chi connectivity index (χ0n) is 13.5. The summed E-state index contributed by atoms with van der Waals surface area (Å²) < 4.78 is 0. The van der Waals surface area contributed by atoms with E-state index in [0.29, 0.717) is 6.04 Å². The summed E-state index contributed by atoms with van der Waals surface area (Å²) in [6.45, 7) is 4.61. The standard InChI is InChI=1S/C19H24N4/c1-2-4-16(5-3-1)8-11-22-13-17-6-7-18(22)15-23(14-17)19-12-20-9-10-21-19/h1-5,9-10,12,17-18H,6-8,11,13-15H2/t17-,18-/m0/s1. The van der Waals surface area contributed by atoms with Crippen LogP contribution < -0.4 is 4.90 Å². The number of benzene rings is 1. The maximum atomic E-state index is 4.50. The van der Waals surface area contributed by atoms with E-state index in [2.05, 4.69) is 50.1 Å². The number of aromatic nitrogens is 2. The smallest absolute Gasteiger partial charge is 0.147 e. The second-order valence-corrected chi connectivity index (χ2v) is 6.80. The number of rotatable bonds is 4. The van der Waals surface area contributed by atoms with Gasteiger partial charge in [0.2, 0.25) is 0 Å². The molecule has 23 heavy (non-hydrogen) atoms. The van der Waals surface area contributed by atoms with Crippen molar-refractivity contribution in [2.45, 2.75) is 25.3 Å². The Labute approximate surface area is 138 Å². The Morgan fingerprint density at radius 2 is 1.91 bits per heavy atom. The van der Waals surface area contributed by atoms with Gasteiger partial charge in [-0.05, 0) is 30.7 Å². The molecule has 0 saturated carbocycles. The Kier molecular flexibility index (Phi) is 4.24. The van der Waals surface area contributed by atoms with Crippen molar-refractivity contribution in [3.05, 3.63) is 54.5 Å². The first-order valence-corrected chi connectivity index (χ1v) is 8.67. The zero-order chi connectivity index (χ0) is 15.5. The molecule has 3 saturated heterocycles. The lowest BCUT2D eigenvalue weighted by Gasteiger charge is -2.36. The summed E-state index contributed by atoms with van der Waals surface area (Å²) in [6.07, 6.45) is 9.27. The summed E-state index contributed by atoms with van der Waals surface area (Å²) in [7, 11) is 0. The van der Waals surface area contributed by atoms with E-state index in [1.807, 2.05) is 6.20 Å². The van der Waals surface area contributed by atoms with E-state index in [0.717, 1.165) is 31.2 Å². The van der Waals surface area contributed by atoms with E-state index in [9.17, 15) is 0 Å². The summed E-state index contributed by atoms with van der Waals surface area (Å²) in [4.78, 5) is 13.9. The van der Waals surface area contributed by atoms with Crippen molar-refractivity contribution < 1.29 is 0 Å². The fourth-order valence-electron chi connectivity index (χ4n) is 4.01. The highest BCUT2D eigenvalue weighted by atomic mass is 15.3. The molecule has 4 heterocycles. The van der Waals surface area contributed by atoms with Crippen LogP contribution in [-0.2, 0) is 6.42 Å². The fourth-order valence-corrected chi connectivity index (χ4v) is 4.01. The van der Waals surface area contributed by atoms with E-state index in [-0.39, 0.29) is 0 Å². The predicted molar refractivity (Wildman–Crippen MR) is 92.5 cm³/mol. The molecule has 2 aromatic rings.